The third-order valence-electron chi connectivity index (χ3n) is 4.85. The van der Waals surface area contributed by atoms with Crippen molar-refractivity contribution in [1.29, 1.82) is 0 Å². The van der Waals surface area contributed by atoms with E-state index in [0.29, 0.717) is 4.75 Å². The maximum Gasteiger partial charge on any atom is 0.490 e. The first-order chi connectivity index (χ1) is 14.1. The number of thioether (sulfide) groups is 1. The largest absolute Gasteiger partial charge is 0.490 e. The molecule has 30 heavy (non-hydrogen) atoms. The molecule has 0 radical (unpaired) electrons. The van der Waals surface area contributed by atoms with E-state index in [4.69, 9.17) is 14.6 Å². The number of hydrogen-bond acceptors (Lipinski definition) is 6. The Balaban J connectivity index is 0.000000318. The molecule has 4 heterocycles. The lowest BCUT2D eigenvalue weighted by Gasteiger charge is -2.47. The van der Waals surface area contributed by atoms with Crippen molar-refractivity contribution in [2.45, 2.75) is 36.9 Å². The molecule has 7 nitrogen and oxygen atoms in total. The van der Waals surface area contributed by atoms with Gasteiger partial charge < -0.3 is 9.84 Å². The zero-order chi connectivity index (χ0) is 21.9. The van der Waals surface area contributed by atoms with E-state index in [1.807, 2.05) is 36.9 Å². The highest BCUT2D eigenvalue weighted by Gasteiger charge is 2.49. The highest BCUT2D eigenvalue weighted by atomic mass is 32.2. The molecule has 0 bridgehead atoms. The molecule has 2 fully saturated rings. The first-order valence-electron chi connectivity index (χ1n) is 9.30. The highest BCUT2D eigenvalue weighted by molar-refractivity contribution is 8.01. The molecule has 1 atom stereocenters. The normalized spacial score (nSPS) is 20.4. The van der Waals surface area contributed by atoms with Crippen molar-refractivity contribution in [2.75, 3.05) is 18.8 Å². The Hall–Kier alpha value is -2.27. The van der Waals surface area contributed by atoms with Crippen LogP contribution in [0.3, 0.4) is 0 Å². The summed E-state index contributed by atoms with van der Waals surface area (Å²) in [5.74, 6) is -0.945. The number of ether oxygens (including phenoxy) is 1. The molecule has 2 aromatic rings. The Morgan fingerprint density at radius 2 is 2.10 bits per heavy atom. The van der Waals surface area contributed by atoms with Crippen LogP contribution in [0.5, 0.6) is 5.88 Å². The molecule has 1 N–H and O–H groups in total. The quantitative estimate of drug-likeness (QED) is 0.777. The first kappa shape index (κ1) is 22.4. The average molecular weight is 444 g/mol. The molecular formula is C19H23F3N4O3S. The van der Waals surface area contributed by atoms with E-state index < -0.39 is 12.1 Å². The van der Waals surface area contributed by atoms with Crippen molar-refractivity contribution in [3.05, 3.63) is 41.9 Å². The van der Waals surface area contributed by atoms with Crippen LogP contribution in [0.2, 0.25) is 0 Å². The molecule has 2 aliphatic heterocycles. The number of aliphatic carboxylic acids is 1. The number of likely N-dealkylation sites (tertiary alicyclic amines) is 1. The van der Waals surface area contributed by atoms with Crippen LogP contribution in [0.15, 0.2) is 30.5 Å². The Kier molecular flexibility index (Phi) is 6.61. The Morgan fingerprint density at radius 1 is 1.40 bits per heavy atom. The van der Waals surface area contributed by atoms with Gasteiger partial charge in [0.1, 0.15) is 6.10 Å². The minimum atomic E-state index is -5.08. The Morgan fingerprint density at radius 3 is 2.63 bits per heavy atom. The van der Waals surface area contributed by atoms with Crippen molar-refractivity contribution in [2.24, 2.45) is 7.05 Å². The minimum Gasteiger partial charge on any atom is -0.475 e. The van der Waals surface area contributed by atoms with Crippen molar-refractivity contribution in [3.8, 4) is 5.88 Å². The van der Waals surface area contributed by atoms with Gasteiger partial charge in [0, 0.05) is 55.9 Å². The number of pyridine rings is 1. The summed E-state index contributed by atoms with van der Waals surface area (Å²) in [7, 11) is 2.03. The molecule has 0 aromatic carbocycles. The summed E-state index contributed by atoms with van der Waals surface area (Å²) in [6, 6.07) is 8.01. The van der Waals surface area contributed by atoms with Gasteiger partial charge in [-0.15, -0.1) is 11.8 Å². The van der Waals surface area contributed by atoms with E-state index in [0.717, 1.165) is 43.4 Å². The maximum atomic E-state index is 10.6. The van der Waals surface area contributed by atoms with Crippen LogP contribution in [0.25, 0.3) is 0 Å². The molecule has 4 rings (SSSR count). The molecule has 0 saturated carbocycles. The van der Waals surface area contributed by atoms with E-state index in [9.17, 15) is 13.2 Å². The second kappa shape index (κ2) is 8.84. The second-order valence-corrected chi connectivity index (χ2v) is 8.94. The summed E-state index contributed by atoms with van der Waals surface area (Å²) >= 11 is 2.07. The summed E-state index contributed by atoms with van der Waals surface area (Å²) in [6.07, 6.45) is -1.89. The lowest BCUT2D eigenvalue weighted by atomic mass is 9.93. The third kappa shape index (κ3) is 5.66. The number of carboxylic acid groups (broad SMARTS) is 1. The molecule has 0 amide bonds. The summed E-state index contributed by atoms with van der Waals surface area (Å²) in [6.45, 7) is 5.33. The van der Waals surface area contributed by atoms with Crippen molar-refractivity contribution in [3.63, 3.8) is 0 Å². The number of halogens is 3. The van der Waals surface area contributed by atoms with Crippen LogP contribution in [0.1, 0.15) is 17.8 Å². The van der Waals surface area contributed by atoms with Gasteiger partial charge in [-0.2, -0.15) is 18.3 Å². The van der Waals surface area contributed by atoms with Gasteiger partial charge in [-0.1, -0.05) is 6.07 Å². The van der Waals surface area contributed by atoms with E-state index in [2.05, 4.69) is 32.8 Å². The lowest BCUT2D eigenvalue weighted by Crippen LogP contribution is -2.58. The van der Waals surface area contributed by atoms with Crippen LogP contribution in [0.4, 0.5) is 13.2 Å². The van der Waals surface area contributed by atoms with Crippen LogP contribution < -0.4 is 4.74 Å². The number of aromatic nitrogens is 3. The van der Waals surface area contributed by atoms with Crippen LogP contribution in [-0.2, 0) is 18.4 Å². The molecule has 2 aromatic heterocycles. The molecular weight excluding hydrogens is 421 g/mol. The number of hydrogen-bond donors (Lipinski definition) is 1. The van der Waals surface area contributed by atoms with Gasteiger partial charge in [-0.25, -0.2) is 9.78 Å². The van der Waals surface area contributed by atoms with Gasteiger partial charge in [0.05, 0.1) is 11.4 Å². The number of nitrogens with zero attached hydrogens (tertiary/aromatic N) is 4. The average Bonchev–Trinajstić information content (AvgIpc) is 3.18. The fourth-order valence-electron chi connectivity index (χ4n) is 3.61. The number of rotatable bonds is 4. The molecule has 0 aliphatic carbocycles. The molecule has 1 unspecified atom stereocenters. The SMILES string of the molecule is Cc1cc(CN2CC3(CC(Oc4ccccn4)CS3)C2)n(C)n1.O=C(O)C(F)(F)F. The summed E-state index contributed by atoms with van der Waals surface area (Å²) in [5.41, 5.74) is 2.39. The minimum absolute atomic E-state index is 0.288. The fraction of sp³-hybridized carbons (Fsp3) is 0.526. The summed E-state index contributed by atoms with van der Waals surface area (Å²) in [5, 5.41) is 11.6. The van der Waals surface area contributed by atoms with Gasteiger partial charge in [0.25, 0.3) is 0 Å². The van der Waals surface area contributed by atoms with Crippen LogP contribution in [0, 0.1) is 6.92 Å². The second-order valence-electron chi connectivity index (χ2n) is 7.45. The Labute approximate surface area is 176 Å². The third-order valence-corrected chi connectivity index (χ3v) is 6.43. The van der Waals surface area contributed by atoms with Gasteiger partial charge >= 0.3 is 12.1 Å². The molecule has 164 valence electrons. The van der Waals surface area contributed by atoms with Crippen molar-refractivity contribution < 1.29 is 27.8 Å². The van der Waals surface area contributed by atoms with Crippen LogP contribution >= 0.6 is 11.8 Å². The number of carbonyl (C=O) groups is 1. The smallest absolute Gasteiger partial charge is 0.475 e. The number of alkyl halides is 3. The van der Waals surface area contributed by atoms with E-state index in [1.54, 1.807) is 6.20 Å². The predicted molar refractivity (Wildman–Crippen MR) is 105 cm³/mol. The molecule has 2 aliphatic rings. The maximum absolute atomic E-state index is 10.6. The highest BCUT2D eigenvalue weighted by Crippen LogP contribution is 2.46. The predicted octanol–water partition coefficient (Wildman–Crippen LogP) is 2.90. The topological polar surface area (TPSA) is 80.5 Å². The number of carboxylic acids is 1. The lowest BCUT2D eigenvalue weighted by molar-refractivity contribution is -0.192. The summed E-state index contributed by atoms with van der Waals surface area (Å²) < 4.78 is 40.1. The molecule has 2 saturated heterocycles. The fourth-order valence-corrected chi connectivity index (χ4v) is 5.18. The monoisotopic (exact) mass is 444 g/mol. The Bertz CT molecular complexity index is 870. The van der Waals surface area contributed by atoms with Gasteiger partial charge in [-0.05, 0) is 19.1 Å². The van der Waals surface area contributed by atoms with Gasteiger partial charge in [-0.3, -0.25) is 9.58 Å². The standard InChI is InChI=1S/C17H22N4OS.C2HF3O2/c1-13-7-14(20(2)19-13)9-21-11-17(12-21)8-15(10-23-17)22-16-5-3-4-6-18-16;3-2(4,5)1(6)7/h3-7,15H,8-12H2,1-2H3;(H,6,7). The van der Waals surface area contributed by atoms with Gasteiger partial charge in [0.15, 0.2) is 0 Å². The molecule has 11 heteroatoms. The first-order valence-corrected chi connectivity index (χ1v) is 10.3. The number of aryl methyl sites for hydroxylation is 2. The zero-order valence-corrected chi connectivity index (χ0v) is 17.4. The summed E-state index contributed by atoms with van der Waals surface area (Å²) in [4.78, 5) is 15.7. The molecule has 1 spiro atoms. The van der Waals surface area contributed by atoms with Crippen molar-refractivity contribution in [1.82, 2.24) is 19.7 Å². The van der Waals surface area contributed by atoms with Gasteiger partial charge in [0.2, 0.25) is 5.88 Å². The van der Waals surface area contributed by atoms with Crippen LogP contribution in [-0.4, -0.2) is 66.6 Å². The van der Waals surface area contributed by atoms with E-state index in [-0.39, 0.29) is 6.10 Å². The van der Waals surface area contributed by atoms with E-state index in [1.165, 1.54) is 5.69 Å². The zero-order valence-electron chi connectivity index (χ0n) is 16.6. The van der Waals surface area contributed by atoms with E-state index >= 15 is 0 Å². The van der Waals surface area contributed by atoms with Crippen molar-refractivity contribution >= 4 is 17.7 Å².